The molecule has 8 heteroatoms. The molecule has 0 unspecified atom stereocenters. The second kappa shape index (κ2) is 8.03. The van der Waals surface area contributed by atoms with Crippen LogP contribution in [0, 0.1) is 5.41 Å². The van der Waals surface area contributed by atoms with Gasteiger partial charge in [-0.05, 0) is 61.6 Å². The second-order valence-corrected chi connectivity index (χ2v) is 8.55. The van der Waals surface area contributed by atoms with Crippen LogP contribution in [0.15, 0.2) is 48.8 Å². The quantitative estimate of drug-likeness (QED) is 0.486. The van der Waals surface area contributed by atoms with E-state index in [9.17, 15) is 4.79 Å². The summed E-state index contributed by atoms with van der Waals surface area (Å²) in [6.07, 6.45) is 6.98. The van der Waals surface area contributed by atoms with Crippen LogP contribution in [0.5, 0.6) is 0 Å². The van der Waals surface area contributed by atoms with Crippen molar-refractivity contribution in [2.45, 2.75) is 19.3 Å². The van der Waals surface area contributed by atoms with Gasteiger partial charge in [-0.25, -0.2) is 4.98 Å². The van der Waals surface area contributed by atoms with Gasteiger partial charge in [0.15, 0.2) is 0 Å². The molecule has 3 aromatic rings. The van der Waals surface area contributed by atoms with Crippen molar-refractivity contribution < 1.29 is 4.79 Å². The Bertz CT molecular complexity index is 1050. The first kappa shape index (κ1) is 19.6. The predicted molar refractivity (Wildman–Crippen MR) is 122 cm³/mol. The highest BCUT2D eigenvalue weighted by molar-refractivity contribution is 6.06. The highest BCUT2D eigenvalue weighted by atomic mass is 16.1. The molecule has 1 aromatic carbocycles. The van der Waals surface area contributed by atoms with Gasteiger partial charge in [0, 0.05) is 37.6 Å². The summed E-state index contributed by atoms with van der Waals surface area (Å²) in [7, 11) is 0. The van der Waals surface area contributed by atoms with Gasteiger partial charge in [-0.2, -0.15) is 5.10 Å². The third-order valence-electron chi connectivity index (χ3n) is 6.60. The Hall–Kier alpha value is -3.39. The van der Waals surface area contributed by atoms with Gasteiger partial charge in [-0.15, -0.1) is 0 Å². The summed E-state index contributed by atoms with van der Waals surface area (Å²) in [5.41, 5.74) is 9.87. The van der Waals surface area contributed by atoms with Crippen molar-refractivity contribution in [2.75, 3.05) is 42.1 Å². The lowest BCUT2D eigenvalue weighted by Gasteiger charge is -2.39. The van der Waals surface area contributed by atoms with Gasteiger partial charge in [-0.1, -0.05) is 6.07 Å². The molecule has 8 nitrogen and oxygen atoms in total. The van der Waals surface area contributed by atoms with Crippen molar-refractivity contribution in [2.24, 2.45) is 5.41 Å². The fourth-order valence-electron chi connectivity index (χ4n) is 4.58. The van der Waals surface area contributed by atoms with Gasteiger partial charge in [0.25, 0.3) is 5.91 Å². The van der Waals surface area contributed by atoms with Crippen molar-refractivity contribution in [1.82, 2.24) is 20.5 Å². The molecule has 5 rings (SSSR count). The molecule has 5 N–H and O–H groups in total. The Labute approximate surface area is 181 Å². The maximum atomic E-state index is 12.8. The Morgan fingerprint density at radius 1 is 1.13 bits per heavy atom. The van der Waals surface area contributed by atoms with Crippen LogP contribution in [0.3, 0.4) is 0 Å². The number of H-pyrrole nitrogens is 1. The smallest absolute Gasteiger partial charge is 0.257 e. The van der Waals surface area contributed by atoms with Crippen LogP contribution in [0.1, 0.15) is 29.6 Å². The fourth-order valence-corrected chi connectivity index (χ4v) is 4.58. The summed E-state index contributed by atoms with van der Waals surface area (Å²) >= 11 is 0. The number of aromatic amines is 1. The highest BCUT2D eigenvalue weighted by Gasteiger charge is 2.37. The minimum Gasteiger partial charge on any atom is -0.397 e. The standard InChI is InChI=1S/C23H27N7O/c24-18-3-1-16(19-5-9-27-29-19)13-20(18)28-22(31)17-2-4-21(26-14-17)30-11-7-23(8-12-30)6-10-25-15-23/h1-5,9,13-14,25H,6-8,10-12,15,24H2,(H,27,29)(H,28,31). The molecule has 4 heterocycles. The lowest BCUT2D eigenvalue weighted by atomic mass is 9.78. The monoisotopic (exact) mass is 417 g/mol. The van der Waals surface area contributed by atoms with Crippen LogP contribution >= 0.6 is 0 Å². The van der Waals surface area contributed by atoms with Crippen LogP contribution in [0.4, 0.5) is 17.2 Å². The molecule has 0 saturated carbocycles. The number of piperidine rings is 1. The number of amides is 1. The molecule has 0 aliphatic carbocycles. The number of pyridine rings is 1. The first-order valence-electron chi connectivity index (χ1n) is 10.7. The van der Waals surface area contributed by atoms with E-state index >= 15 is 0 Å². The third-order valence-corrected chi connectivity index (χ3v) is 6.60. The van der Waals surface area contributed by atoms with Crippen LogP contribution in [0.2, 0.25) is 0 Å². The Balaban J connectivity index is 1.25. The lowest BCUT2D eigenvalue weighted by Crippen LogP contribution is -2.41. The van der Waals surface area contributed by atoms with Gasteiger partial charge in [0.2, 0.25) is 0 Å². The second-order valence-electron chi connectivity index (χ2n) is 8.55. The van der Waals surface area contributed by atoms with Crippen molar-refractivity contribution in [1.29, 1.82) is 0 Å². The van der Waals surface area contributed by atoms with E-state index in [1.807, 2.05) is 30.3 Å². The van der Waals surface area contributed by atoms with E-state index in [1.54, 1.807) is 18.5 Å². The maximum absolute atomic E-state index is 12.8. The third kappa shape index (κ3) is 3.98. The number of nitrogens with one attached hydrogen (secondary N) is 3. The van der Waals surface area contributed by atoms with Gasteiger partial charge in [-0.3, -0.25) is 9.89 Å². The molecule has 2 fully saturated rings. The van der Waals surface area contributed by atoms with Gasteiger partial charge >= 0.3 is 0 Å². The van der Waals surface area contributed by atoms with E-state index < -0.39 is 0 Å². The number of hydrogen-bond acceptors (Lipinski definition) is 6. The topological polar surface area (TPSA) is 112 Å². The summed E-state index contributed by atoms with van der Waals surface area (Å²) in [5.74, 6) is 0.695. The molecule has 31 heavy (non-hydrogen) atoms. The van der Waals surface area contributed by atoms with Crippen molar-refractivity contribution in [3.8, 4) is 11.3 Å². The Morgan fingerprint density at radius 2 is 2.00 bits per heavy atom. The van der Waals surface area contributed by atoms with E-state index in [2.05, 4.69) is 30.7 Å². The molecule has 2 saturated heterocycles. The number of carbonyl (C=O) groups is 1. The normalized spacial score (nSPS) is 17.7. The molecule has 0 radical (unpaired) electrons. The Morgan fingerprint density at radius 3 is 2.68 bits per heavy atom. The Kier molecular flexibility index (Phi) is 5.07. The predicted octanol–water partition coefficient (Wildman–Crippen LogP) is 2.89. The summed E-state index contributed by atoms with van der Waals surface area (Å²) < 4.78 is 0. The van der Waals surface area contributed by atoms with Crippen molar-refractivity contribution >= 4 is 23.1 Å². The maximum Gasteiger partial charge on any atom is 0.257 e. The number of carbonyl (C=O) groups excluding carboxylic acids is 1. The highest BCUT2D eigenvalue weighted by Crippen LogP contribution is 2.37. The average Bonchev–Trinajstić information content (AvgIpc) is 3.49. The molecule has 1 spiro atoms. The van der Waals surface area contributed by atoms with Gasteiger partial charge < -0.3 is 21.3 Å². The van der Waals surface area contributed by atoms with Gasteiger partial charge in [0.1, 0.15) is 5.82 Å². The molecule has 0 atom stereocenters. The first-order chi connectivity index (χ1) is 15.1. The van der Waals surface area contributed by atoms with E-state index in [0.29, 0.717) is 22.4 Å². The number of hydrogen-bond donors (Lipinski definition) is 4. The van der Waals surface area contributed by atoms with Crippen molar-refractivity contribution in [3.05, 3.63) is 54.4 Å². The summed E-state index contributed by atoms with van der Waals surface area (Å²) in [6.45, 7) is 4.30. The minimum absolute atomic E-state index is 0.234. The molecule has 2 aliphatic rings. The summed E-state index contributed by atoms with van der Waals surface area (Å²) in [5, 5.41) is 13.3. The number of anilines is 3. The zero-order valence-electron chi connectivity index (χ0n) is 17.4. The van der Waals surface area contributed by atoms with Gasteiger partial charge in [0.05, 0.1) is 22.6 Å². The fraction of sp³-hybridized carbons (Fsp3) is 0.348. The molecule has 2 aromatic heterocycles. The van der Waals surface area contributed by atoms with Crippen LogP contribution in [0.25, 0.3) is 11.3 Å². The number of rotatable bonds is 4. The van der Waals surface area contributed by atoms with E-state index in [4.69, 9.17) is 5.73 Å². The van der Waals surface area contributed by atoms with E-state index in [0.717, 1.165) is 43.3 Å². The van der Waals surface area contributed by atoms with Crippen LogP contribution < -0.4 is 21.3 Å². The van der Waals surface area contributed by atoms with Crippen molar-refractivity contribution in [3.63, 3.8) is 0 Å². The zero-order valence-corrected chi connectivity index (χ0v) is 17.4. The largest absolute Gasteiger partial charge is 0.397 e. The average molecular weight is 418 g/mol. The number of aromatic nitrogens is 3. The summed E-state index contributed by atoms with van der Waals surface area (Å²) in [6, 6.07) is 11.1. The lowest BCUT2D eigenvalue weighted by molar-refractivity contribution is 0.102. The number of nitrogen functional groups attached to an aromatic ring is 1. The molecule has 1 amide bonds. The van der Waals surface area contributed by atoms with E-state index in [1.165, 1.54) is 19.3 Å². The SMILES string of the molecule is Nc1ccc(-c2ccn[nH]2)cc1NC(=O)c1ccc(N2CCC3(CCNC3)CC2)nc1. The molecular formula is C23H27N7O. The number of benzene rings is 1. The molecule has 2 aliphatic heterocycles. The minimum atomic E-state index is -0.234. The van der Waals surface area contributed by atoms with Crippen LogP contribution in [-0.2, 0) is 0 Å². The molecule has 0 bridgehead atoms. The molecule has 160 valence electrons. The molecular weight excluding hydrogens is 390 g/mol. The zero-order chi connectivity index (χ0) is 21.3. The summed E-state index contributed by atoms with van der Waals surface area (Å²) in [4.78, 5) is 19.7. The number of nitrogens with zero attached hydrogens (tertiary/aromatic N) is 3. The first-order valence-corrected chi connectivity index (χ1v) is 10.7. The number of nitrogens with two attached hydrogens (primary N) is 1. The van der Waals surface area contributed by atoms with E-state index in [-0.39, 0.29) is 5.91 Å². The van der Waals surface area contributed by atoms with Crippen LogP contribution in [-0.4, -0.2) is 47.3 Å².